The number of hydrogen-bond acceptors (Lipinski definition) is 3. The molecule has 3 aliphatic heterocycles. The monoisotopic (exact) mass is 544 g/mol. The number of ether oxygens (including phenoxy) is 1. The van der Waals surface area contributed by atoms with Gasteiger partial charge in [0.05, 0.1) is 6.54 Å². The number of aliphatic imine (C=N–C) groups is 1. The number of nitrogens with one attached hydrogen (secondary N) is 1. The van der Waals surface area contributed by atoms with Crippen molar-refractivity contribution >= 4 is 41.5 Å². The Morgan fingerprint density at radius 1 is 1.23 bits per heavy atom. The summed E-state index contributed by atoms with van der Waals surface area (Å²) in [4.78, 5) is 10.2. The first-order valence-electron chi connectivity index (χ1n) is 11.0. The summed E-state index contributed by atoms with van der Waals surface area (Å²) in [7, 11) is 0. The third-order valence-electron chi connectivity index (χ3n) is 6.59. The first-order chi connectivity index (χ1) is 14.2. The molecule has 2 saturated heterocycles. The molecule has 1 aromatic rings. The van der Waals surface area contributed by atoms with Crippen LogP contribution in [0.1, 0.15) is 31.7 Å². The predicted molar refractivity (Wildman–Crippen MR) is 135 cm³/mol. The molecule has 166 valence electrons. The zero-order valence-electron chi connectivity index (χ0n) is 17.9. The molecule has 7 heteroatoms. The molecule has 0 radical (unpaired) electrons. The molecule has 1 atom stereocenters. The molecule has 0 saturated carbocycles. The van der Waals surface area contributed by atoms with E-state index in [0.717, 1.165) is 76.3 Å². The normalized spacial score (nSPS) is 24.1. The average Bonchev–Trinajstić information content (AvgIpc) is 3.44. The molecule has 3 heterocycles. The van der Waals surface area contributed by atoms with E-state index in [2.05, 4.69) is 46.3 Å². The largest absolute Gasteiger partial charge is 0.381 e. The van der Waals surface area contributed by atoms with Crippen LogP contribution >= 0.6 is 35.6 Å². The smallest absolute Gasteiger partial charge is 0.193 e. The minimum atomic E-state index is -0.0464. The van der Waals surface area contributed by atoms with Crippen LogP contribution < -0.4 is 5.32 Å². The van der Waals surface area contributed by atoms with E-state index in [1.165, 1.54) is 12.0 Å². The van der Waals surface area contributed by atoms with Gasteiger partial charge in [-0.25, -0.2) is 0 Å². The van der Waals surface area contributed by atoms with Crippen LogP contribution in [0.5, 0.6) is 0 Å². The maximum Gasteiger partial charge on any atom is 0.193 e. The first kappa shape index (κ1) is 23.8. The lowest BCUT2D eigenvalue weighted by molar-refractivity contribution is 0.0530. The number of benzene rings is 1. The van der Waals surface area contributed by atoms with Gasteiger partial charge < -0.3 is 15.0 Å². The highest BCUT2D eigenvalue weighted by Gasteiger charge is 2.37. The number of nitrogens with zero attached hydrogens (tertiary/aromatic N) is 3. The van der Waals surface area contributed by atoms with E-state index < -0.39 is 0 Å². The van der Waals surface area contributed by atoms with E-state index in [1.807, 2.05) is 12.1 Å². The van der Waals surface area contributed by atoms with Gasteiger partial charge in [0.2, 0.25) is 0 Å². The lowest BCUT2D eigenvalue weighted by Crippen LogP contribution is -2.44. The number of likely N-dealkylation sites (tertiary alicyclic amines) is 1. The van der Waals surface area contributed by atoms with Gasteiger partial charge in [-0.05, 0) is 37.8 Å². The van der Waals surface area contributed by atoms with Crippen LogP contribution in [0.15, 0.2) is 41.4 Å². The lowest BCUT2D eigenvalue weighted by atomic mass is 9.74. The van der Waals surface area contributed by atoms with Gasteiger partial charge in [-0.3, -0.25) is 9.89 Å². The highest BCUT2D eigenvalue weighted by atomic mass is 127. The summed E-state index contributed by atoms with van der Waals surface area (Å²) in [5, 5.41) is 4.38. The fraction of sp³-hybridized carbons (Fsp3) is 0.609. The zero-order chi connectivity index (χ0) is 20.1. The van der Waals surface area contributed by atoms with Gasteiger partial charge in [-0.1, -0.05) is 42.0 Å². The Morgan fingerprint density at radius 2 is 1.97 bits per heavy atom. The summed E-state index contributed by atoms with van der Waals surface area (Å²) in [5.74, 6) is 1.04. The molecular formula is C23H34ClIN4O. The summed E-state index contributed by atoms with van der Waals surface area (Å²) in [5.41, 5.74) is 1.17. The standard InChI is InChI=1S/C23H33ClN4O.HI/c1-2-25-22(28-14-9-19(17-28)27-12-5-6-13-27)26-18-23(10-15-29-16-11-23)20-7-3-4-8-21(20)24;/h3-8,19H,2,9-18H2,1H3,(H,25,26);1H. The number of guanidine groups is 1. The highest BCUT2D eigenvalue weighted by Crippen LogP contribution is 2.39. The van der Waals surface area contributed by atoms with Crippen LogP contribution in [-0.2, 0) is 10.2 Å². The Balaban J connectivity index is 0.00000256. The summed E-state index contributed by atoms with van der Waals surface area (Å²) < 4.78 is 5.68. The van der Waals surface area contributed by atoms with E-state index in [4.69, 9.17) is 21.3 Å². The van der Waals surface area contributed by atoms with Crippen molar-refractivity contribution in [2.24, 2.45) is 4.99 Å². The Hall–Kier alpha value is -0.830. The molecule has 0 bridgehead atoms. The SMILES string of the molecule is CCNC(=NCC1(c2ccccc2Cl)CCOCC1)N1CCC(N2CC=CC2)C1.I. The van der Waals surface area contributed by atoms with Crippen molar-refractivity contribution in [3.63, 3.8) is 0 Å². The second-order valence-electron chi connectivity index (χ2n) is 8.36. The van der Waals surface area contributed by atoms with Gasteiger partial charge in [0.1, 0.15) is 0 Å². The topological polar surface area (TPSA) is 40.1 Å². The van der Waals surface area contributed by atoms with Crippen LogP contribution in [0.2, 0.25) is 5.02 Å². The van der Waals surface area contributed by atoms with Crippen LogP contribution in [0.3, 0.4) is 0 Å². The van der Waals surface area contributed by atoms with Crippen molar-refractivity contribution in [3.8, 4) is 0 Å². The number of rotatable bonds is 5. The molecule has 1 unspecified atom stereocenters. The first-order valence-corrected chi connectivity index (χ1v) is 11.3. The van der Waals surface area contributed by atoms with Crippen molar-refractivity contribution in [1.29, 1.82) is 0 Å². The molecule has 5 nitrogen and oxygen atoms in total. The zero-order valence-corrected chi connectivity index (χ0v) is 20.9. The molecular weight excluding hydrogens is 511 g/mol. The van der Waals surface area contributed by atoms with Crippen LogP contribution in [0.25, 0.3) is 0 Å². The highest BCUT2D eigenvalue weighted by molar-refractivity contribution is 14.0. The van der Waals surface area contributed by atoms with Gasteiger partial charge in [0.25, 0.3) is 0 Å². The number of hydrogen-bond donors (Lipinski definition) is 1. The lowest BCUT2D eigenvalue weighted by Gasteiger charge is -2.37. The molecule has 0 amide bonds. The molecule has 0 spiro atoms. The molecule has 3 aliphatic rings. The van der Waals surface area contributed by atoms with Crippen LogP contribution in [-0.4, -0.2) is 74.3 Å². The Morgan fingerprint density at radius 3 is 2.67 bits per heavy atom. The van der Waals surface area contributed by atoms with Crippen molar-refractivity contribution in [3.05, 3.63) is 47.0 Å². The Labute approximate surface area is 202 Å². The van der Waals surface area contributed by atoms with Gasteiger partial charge in [-0.2, -0.15) is 0 Å². The molecule has 2 fully saturated rings. The summed E-state index contributed by atoms with van der Waals surface area (Å²) in [6, 6.07) is 8.88. The minimum Gasteiger partial charge on any atom is -0.381 e. The predicted octanol–water partition coefficient (Wildman–Crippen LogP) is 3.92. The van der Waals surface area contributed by atoms with Crippen molar-refractivity contribution in [2.75, 3.05) is 52.5 Å². The molecule has 1 aromatic carbocycles. The molecule has 0 aliphatic carbocycles. The van der Waals surface area contributed by atoms with E-state index >= 15 is 0 Å². The molecule has 1 N–H and O–H groups in total. The maximum atomic E-state index is 6.62. The fourth-order valence-electron chi connectivity index (χ4n) is 4.84. The van der Waals surface area contributed by atoms with Crippen LogP contribution in [0.4, 0.5) is 0 Å². The van der Waals surface area contributed by atoms with Crippen molar-refractivity contribution < 1.29 is 4.74 Å². The second kappa shape index (κ2) is 11.2. The van der Waals surface area contributed by atoms with E-state index in [0.29, 0.717) is 6.04 Å². The maximum absolute atomic E-state index is 6.62. The van der Waals surface area contributed by atoms with Gasteiger partial charge in [0, 0.05) is 62.4 Å². The summed E-state index contributed by atoms with van der Waals surface area (Å²) in [6.07, 6.45) is 7.68. The minimum absolute atomic E-state index is 0. The Kier molecular flexibility index (Phi) is 8.86. The van der Waals surface area contributed by atoms with Gasteiger partial charge in [0.15, 0.2) is 5.96 Å². The average molecular weight is 545 g/mol. The Bertz CT molecular complexity index is 742. The molecule has 4 rings (SSSR count). The third kappa shape index (κ3) is 5.31. The molecule has 0 aromatic heterocycles. The summed E-state index contributed by atoms with van der Waals surface area (Å²) in [6.45, 7) is 9.60. The van der Waals surface area contributed by atoms with Crippen LogP contribution in [0, 0.1) is 0 Å². The number of halogens is 2. The third-order valence-corrected chi connectivity index (χ3v) is 6.92. The van der Waals surface area contributed by atoms with Crippen molar-refractivity contribution in [2.45, 2.75) is 37.6 Å². The van der Waals surface area contributed by atoms with Gasteiger partial charge >= 0.3 is 0 Å². The second-order valence-corrected chi connectivity index (χ2v) is 8.76. The summed E-state index contributed by atoms with van der Waals surface area (Å²) >= 11 is 6.62. The molecule has 30 heavy (non-hydrogen) atoms. The van der Waals surface area contributed by atoms with Gasteiger partial charge in [-0.15, -0.1) is 24.0 Å². The van der Waals surface area contributed by atoms with E-state index in [9.17, 15) is 0 Å². The van der Waals surface area contributed by atoms with Crippen molar-refractivity contribution in [1.82, 2.24) is 15.1 Å². The van der Waals surface area contributed by atoms with E-state index in [1.54, 1.807) is 0 Å². The quantitative estimate of drug-likeness (QED) is 0.264. The fourth-order valence-corrected chi connectivity index (χ4v) is 5.18. The van der Waals surface area contributed by atoms with E-state index in [-0.39, 0.29) is 29.4 Å².